The average Bonchev–Trinajstić information content (AvgIpc) is 2.11. The van der Waals surface area contributed by atoms with E-state index in [1.165, 1.54) is 21.3 Å². The largest absolute Gasteiger partial charge is 0.424 e. The fourth-order valence-corrected chi connectivity index (χ4v) is 6.08. The van der Waals surface area contributed by atoms with E-state index in [9.17, 15) is 13.2 Å². The molecule has 0 atom stereocenters. The Morgan fingerprint density at radius 1 is 1.14 bits per heavy atom. The Kier molecular flexibility index (Phi) is 5.90. The molecule has 0 saturated carbocycles. The van der Waals surface area contributed by atoms with Gasteiger partial charge in [-0.2, -0.15) is 13.2 Å². The van der Waals surface area contributed by atoms with Gasteiger partial charge in [0.2, 0.25) is 9.28 Å². The molecule has 0 heterocycles. The van der Waals surface area contributed by atoms with Gasteiger partial charge in [-0.1, -0.05) is 0 Å². The molecule has 0 aromatic carbocycles. The van der Waals surface area contributed by atoms with Gasteiger partial charge in [0, 0.05) is 27.8 Å². The molecule has 0 radical (unpaired) electrons. The molecule has 86 valence electrons. The van der Waals surface area contributed by atoms with Crippen LogP contribution in [0.1, 0.15) is 6.42 Å². The van der Waals surface area contributed by atoms with Crippen molar-refractivity contribution in [3.63, 3.8) is 0 Å². The summed E-state index contributed by atoms with van der Waals surface area (Å²) < 4.78 is 51.0. The van der Waals surface area contributed by atoms with Gasteiger partial charge in [0.1, 0.15) is 0 Å². The molecule has 0 spiro atoms. The van der Waals surface area contributed by atoms with Crippen LogP contribution < -0.4 is 0 Å². The van der Waals surface area contributed by atoms with Crippen molar-refractivity contribution in [1.29, 1.82) is 0 Å². The van der Waals surface area contributed by atoms with Crippen LogP contribution in [0.2, 0.25) is 6.04 Å². The van der Waals surface area contributed by atoms with Crippen molar-refractivity contribution in [3.05, 3.63) is 0 Å². The first-order valence-electron chi connectivity index (χ1n) is 4.05. The number of halogens is 3. The summed E-state index contributed by atoms with van der Waals surface area (Å²) in [5, 5.41) is 0. The van der Waals surface area contributed by atoms with E-state index < -0.39 is 30.0 Å². The number of rotatable bonds is 6. The van der Waals surface area contributed by atoms with E-state index in [0.29, 0.717) is 0 Å². The van der Waals surface area contributed by atoms with Gasteiger partial charge < -0.3 is 13.3 Å². The van der Waals surface area contributed by atoms with Gasteiger partial charge in [0.15, 0.2) is 0 Å². The molecule has 0 aromatic heterocycles. The maximum atomic E-state index is 12.0. The van der Waals surface area contributed by atoms with Crippen LogP contribution in [0.3, 0.4) is 0 Å². The van der Waals surface area contributed by atoms with E-state index in [0.717, 1.165) is 0 Å². The Labute approximate surface area is 84.5 Å². The summed E-state index contributed by atoms with van der Waals surface area (Å²) >= 11 is 0. The lowest BCUT2D eigenvalue weighted by molar-refractivity contribution is -0.131. The first kappa shape index (κ1) is 14.1. The molecular weight excluding hydrogens is 233 g/mol. The van der Waals surface area contributed by atoms with Crippen LogP contribution in [0.4, 0.5) is 13.2 Å². The Morgan fingerprint density at radius 3 is 1.93 bits per heavy atom. The average molecular weight is 248 g/mol. The zero-order chi connectivity index (χ0) is 11.2. The van der Waals surface area contributed by atoms with E-state index in [4.69, 9.17) is 13.3 Å². The Balaban J connectivity index is 4.21. The normalized spacial score (nSPS) is 14.1. The quantitative estimate of drug-likeness (QED) is 0.654. The molecule has 0 saturated heterocycles. The third kappa shape index (κ3) is 5.10. The van der Waals surface area contributed by atoms with Crippen molar-refractivity contribution >= 4 is 17.4 Å². The van der Waals surface area contributed by atoms with Crippen molar-refractivity contribution in [3.8, 4) is 0 Å². The van der Waals surface area contributed by atoms with Crippen LogP contribution in [-0.4, -0.2) is 44.9 Å². The number of hydrogen-bond donors (Lipinski definition) is 0. The van der Waals surface area contributed by atoms with E-state index in [1.54, 1.807) is 0 Å². The van der Waals surface area contributed by atoms with Gasteiger partial charge in [0.25, 0.3) is 0 Å². The molecule has 14 heavy (non-hydrogen) atoms. The minimum atomic E-state index is -4.16. The first-order chi connectivity index (χ1) is 6.39. The minimum Gasteiger partial charge on any atom is -0.424 e. The fourth-order valence-electron chi connectivity index (χ4n) is 1.03. The van der Waals surface area contributed by atoms with Gasteiger partial charge in [0.05, 0.1) is 0 Å². The maximum Gasteiger partial charge on any atom is 0.389 e. The zero-order valence-electron chi connectivity index (χ0n) is 8.48. The molecule has 0 aliphatic carbocycles. The van der Waals surface area contributed by atoms with Crippen molar-refractivity contribution in [2.24, 2.45) is 0 Å². The van der Waals surface area contributed by atoms with Crippen LogP contribution in [0.25, 0.3) is 0 Å². The van der Waals surface area contributed by atoms with Crippen LogP contribution in [-0.2, 0) is 13.3 Å². The summed E-state index contributed by atoms with van der Waals surface area (Å²) in [6.07, 6.45) is -5.02. The monoisotopic (exact) mass is 248 g/mol. The summed E-state index contributed by atoms with van der Waals surface area (Å²) in [4.78, 5) is 0. The topological polar surface area (TPSA) is 27.7 Å². The molecule has 8 heteroatoms. The molecule has 0 N–H and O–H groups in total. The summed E-state index contributed by atoms with van der Waals surface area (Å²) in [7, 11) is 0.444. The highest BCUT2D eigenvalue weighted by molar-refractivity contribution is 7.15. The Morgan fingerprint density at radius 2 is 1.64 bits per heavy atom. The van der Waals surface area contributed by atoms with Crippen molar-refractivity contribution in [2.45, 2.75) is 18.6 Å². The summed E-state index contributed by atoms with van der Waals surface area (Å²) in [6, 6.07) is -0.0798. The lowest BCUT2D eigenvalue weighted by Crippen LogP contribution is -2.48. The lowest BCUT2D eigenvalue weighted by Gasteiger charge is -2.26. The van der Waals surface area contributed by atoms with Crippen LogP contribution in [0.15, 0.2) is 0 Å². The smallest absolute Gasteiger partial charge is 0.389 e. The molecule has 0 fully saturated rings. The third-order valence-corrected chi connectivity index (χ3v) is 10.1. The van der Waals surface area contributed by atoms with Crippen LogP contribution in [0.5, 0.6) is 0 Å². The SMILES string of the molecule is CO[SiH2][Si](CCC(F)(F)F)(OC)OC. The Bertz CT molecular complexity index is 161. The van der Waals surface area contributed by atoms with Gasteiger partial charge in [-0.15, -0.1) is 0 Å². The fraction of sp³-hybridized carbons (Fsp3) is 1.00. The minimum absolute atomic E-state index is 0.0798. The van der Waals surface area contributed by atoms with Crippen LogP contribution in [0, 0.1) is 0 Å². The predicted molar refractivity (Wildman–Crippen MR) is 50.8 cm³/mol. The molecule has 0 unspecified atom stereocenters. The highest BCUT2D eigenvalue weighted by Crippen LogP contribution is 2.26. The zero-order valence-corrected chi connectivity index (χ0v) is 10.9. The van der Waals surface area contributed by atoms with E-state index >= 15 is 0 Å². The van der Waals surface area contributed by atoms with Crippen LogP contribution >= 0.6 is 0 Å². The third-order valence-electron chi connectivity index (χ3n) is 1.90. The lowest BCUT2D eigenvalue weighted by atomic mass is 10.5. The summed E-state index contributed by atoms with van der Waals surface area (Å²) in [5.41, 5.74) is 0. The van der Waals surface area contributed by atoms with E-state index in [2.05, 4.69) is 0 Å². The molecule has 0 aliphatic rings. The molecule has 3 nitrogen and oxygen atoms in total. The van der Waals surface area contributed by atoms with Gasteiger partial charge >= 0.3 is 14.3 Å². The molecule has 0 aliphatic heterocycles. The molecule has 0 bridgehead atoms. The van der Waals surface area contributed by atoms with Gasteiger partial charge in [-0.05, 0) is 6.04 Å². The van der Waals surface area contributed by atoms with Gasteiger partial charge in [-0.3, -0.25) is 0 Å². The molecule has 0 aromatic rings. The highest BCUT2D eigenvalue weighted by Gasteiger charge is 2.41. The number of hydrogen-bond acceptors (Lipinski definition) is 3. The second kappa shape index (κ2) is 5.86. The maximum absolute atomic E-state index is 12.0. The standard InChI is InChI=1S/C6H15F3O3Si2/c1-10-13-14(11-2,12-3)5-4-6(7,8)9/h4-5,13H2,1-3H3. The molecule has 0 rings (SSSR count). The molecular formula is C6H15F3O3Si2. The second-order valence-electron chi connectivity index (χ2n) is 2.87. The predicted octanol–water partition coefficient (Wildman–Crippen LogP) is 0.901. The van der Waals surface area contributed by atoms with Crippen molar-refractivity contribution in [2.75, 3.05) is 21.3 Å². The van der Waals surface area contributed by atoms with Crippen molar-refractivity contribution < 1.29 is 26.4 Å². The van der Waals surface area contributed by atoms with Crippen molar-refractivity contribution in [1.82, 2.24) is 0 Å². The van der Waals surface area contributed by atoms with E-state index in [-0.39, 0.29) is 6.04 Å². The van der Waals surface area contributed by atoms with E-state index in [1.807, 2.05) is 0 Å². The summed E-state index contributed by atoms with van der Waals surface area (Å²) in [5.74, 6) is 0. The Hall–Kier alpha value is 0.104. The first-order valence-corrected chi connectivity index (χ1v) is 8.98. The second-order valence-corrected chi connectivity index (χ2v) is 11.0. The highest BCUT2D eigenvalue weighted by atomic mass is 29.2. The summed E-state index contributed by atoms with van der Waals surface area (Å²) in [6.45, 7) is 0. The molecule has 0 amide bonds. The van der Waals surface area contributed by atoms with Gasteiger partial charge in [-0.25, -0.2) is 0 Å². The number of alkyl halides is 3.